The number of likely N-dealkylation sites (N-methyl/N-ethyl adjacent to an activating group) is 1. The van der Waals surface area contributed by atoms with Gasteiger partial charge in [-0.1, -0.05) is 12.1 Å². The van der Waals surface area contributed by atoms with E-state index < -0.39 is 5.54 Å². The van der Waals surface area contributed by atoms with Crippen molar-refractivity contribution >= 4 is 22.7 Å². The van der Waals surface area contributed by atoms with Crippen LogP contribution in [0.1, 0.15) is 23.3 Å². The fourth-order valence-corrected chi connectivity index (χ4v) is 4.06. The van der Waals surface area contributed by atoms with Gasteiger partial charge in [-0.25, -0.2) is 0 Å². The molecule has 0 unspecified atom stereocenters. The van der Waals surface area contributed by atoms with Gasteiger partial charge in [-0.2, -0.15) is 0 Å². The normalized spacial score (nSPS) is 20.3. The monoisotopic (exact) mass is 354 g/mol. The molecule has 26 heavy (non-hydrogen) atoms. The van der Waals surface area contributed by atoms with E-state index in [0.717, 1.165) is 6.54 Å². The van der Waals surface area contributed by atoms with Gasteiger partial charge in [0.05, 0.1) is 0 Å². The summed E-state index contributed by atoms with van der Waals surface area (Å²) in [4.78, 5) is 44.4. The van der Waals surface area contributed by atoms with Crippen LogP contribution in [0.25, 0.3) is 10.9 Å². The van der Waals surface area contributed by atoms with Crippen molar-refractivity contribution in [2.24, 2.45) is 0 Å². The maximum atomic E-state index is 12.9. The lowest BCUT2D eigenvalue weighted by molar-refractivity contribution is -0.139. The van der Waals surface area contributed by atoms with Gasteiger partial charge in [0.1, 0.15) is 11.2 Å². The Morgan fingerprint density at radius 3 is 2.58 bits per heavy atom. The number of pyridine rings is 1. The van der Waals surface area contributed by atoms with Crippen molar-refractivity contribution in [2.75, 3.05) is 33.2 Å². The zero-order valence-electron chi connectivity index (χ0n) is 14.7. The van der Waals surface area contributed by atoms with E-state index in [2.05, 4.69) is 15.2 Å². The third-order valence-electron chi connectivity index (χ3n) is 5.73. The van der Waals surface area contributed by atoms with Gasteiger partial charge in [0, 0.05) is 43.1 Å². The number of hydrogen-bond acceptors (Lipinski definition) is 4. The first-order valence-corrected chi connectivity index (χ1v) is 8.92. The average Bonchev–Trinajstić information content (AvgIpc) is 2.66. The number of hydrogen-bond donors (Lipinski definition) is 2. The predicted molar refractivity (Wildman–Crippen MR) is 98.1 cm³/mol. The van der Waals surface area contributed by atoms with Crippen LogP contribution < -0.4 is 10.7 Å². The van der Waals surface area contributed by atoms with E-state index in [4.69, 9.17) is 0 Å². The molecule has 136 valence electrons. The Bertz CT molecular complexity index is 928. The molecule has 7 nitrogen and oxygen atoms in total. The van der Waals surface area contributed by atoms with Crippen molar-refractivity contribution in [1.82, 2.24) is 20.1 Å². The van der Waals surface area contributed by atoms with Crippen molar-refractivity contribution in [3.05, 3.63) is 46.2 Å². The number of aromatic nitrogens is 1. The van der Waals surface area contributed by atoms with Gasteiger partial charge in [0.15, 0.2) is 5.43 Å². The smallest absolute Gasteiger partial charge is 0.270 e. The maximum Gasteiger partial charge on any atom is 0.270 e. The van der Waals surface area contributed by atoms with E-state index in [1.807, 2.05) is 13.1 Å². The molecule has 7 heteroatoms. The molecule has 2 amide bonds. The van der Waals surface area contributed by atoms with Gasteiger partial charge >= 0.3 is 0 Å². The largest absolute Gasteiger partial charge is 0.353 e. The van der Waals surface area contributed by atoms with E-state index in [9.17, 15) is 14.4 Å². The first kappa shape index (κ1) is 16.8. The second-order valence-corrected chi connectivity index (χ2v) is 7.09. The van der Waals surface area contributed by atoms with Crippen molar-refractivity contribution in [3.8, 4) is 0 Å². The highest BCUT2D eigenvalue weighted by molar-refractivity contribution is 5.95. The predicted octanol–water partition coefficient (Wildman–Crippen LogP) is 0.565. The summed E-state index contributed by atoms with van der Waals surface area (Å²) in [6, 6.07) is 8.53. The summed E-state index contributed by atoms with van der Waals surface area (Å²) in [5.41, 5.74) is 0.267. The molecule has 2 N–H and O–H groups in total. The number of H-pyrrole nitrogens is 1. The lowest BCUT2D eigenvalue weighted by Crippen LogP contribution is -2.67. The van der Waals surface area contributed by atoms with E-state index in [-0.39, 0.29) is 17.2 Å². The Labute approximate surface area is 151 Å². The minimum atomic E-state index is -0.522. The molecule has 4 rings (SSSR count). The number of rotatable bonds is 1. The molecule has 2 saturated heterocycles. The minimum absolute atomic E-state index is 0.0532. The number of para-hydroxylation sites is 1. The topological polar surface area (TPSA) is 85.5 Å². The highest BCUT2D eigenvalue weighted by Gasteiger charge is 2.47. The summed E-state index contributed by atoms with van der Waals surface area (Å²) in [7, 11) is 1.97. The fourth-order valence-electron chi connectivity index (χ4n) is 4.06. The number of carbonyl (C=O) groups excluding carboxylic acids is 2. The van der Waals surface area contributed by atoms with E-state index in [1.165, 1.54) is 6.07 Å². The molecule has 0 bridgehead atoms. The first-order chi connectivity index (χ1) is 12.5. The van der Waals surface area contributed by atoms with Gasteiger partial charge in [0.2, 0.25) is 5.91 Å². The first-order valence-electron chi connectivity index (χ1n) is 8.92. The number of fused-ring (bicyclic) bond motifs is 1. The molecule has 2 aliphatic heterocycles. The number of benzene rings is 1. The van der Waals surface area contributed by atoms with Gasteiger partial charge in [-0.05, 0) is 32.0 Å². The Kier molecular flexibility index (Phi) is 4.03. The van der Waals surface area contributed by atoms with E-state index >= 15 is 0 Å². The average molecular weight is 354 g/mol. The number of nitrogens with zero attached hydrogens (tertiary/aromatic N) is 2. The molecule has 0 atom stereocenters. The zero-order valence-corrected chi connectivity index (χ0v) is 14.7. The van der Waals surface area contributed by atoms with Gasteiger partial charge < -0.3 is 15.2 Å². The minimum Gasteiger partial charge on any atom is -0.353 e. The molecule has 2 fully saturated rings. The van der Waals surface area contributed by atoms with Crippen LogP contribution in [0.5, 0.6) is 0 Å². The standard InChI is InChI=1S/C19H22N4O3/c1-22-11-8-20-18(26)19(22)6-9-23(10-7-19)17(25)15-12-16(24)13-4-2-3-5-14(13)21-15/h2-5,12H,6-11H2,1H3,(H,20,26)(H,21,24). The Morgan fingerprint density at radius 2 is 1.85 bits per heavy atom. The van der Waals surface area contributed by atoms with Crippen LogP contribution in [0.3, 0.4) is 0 Å². The van der Waals surface area contributed by atoms with Crippen LogP contribution in [0.4, 0.5) is 0 Å². The number of aromatic amines is 1. The zero-order chi connectivity index (χ0) is 18.3. The number of carbonyl (C=O) groups is 2. The van der Waals surface area contributed by atoms with Crippen molar-refractivity contribution < 1.29 is 9.59 Å². The molecule has 1 aromatic carbocycles. The summed E-state index contributed by atoms with van der Waals surface area (Å²) in [5, 5.41) is 3.52. The summed E-state index contributed by atoms with van der Waals surface area (Å²) in [6.07, 6.45) is 1.19. The fraction of sp³-hybridized carbons (Fsp3) is 0.421. The van der Waals surface area contributed by atoms with Crippen LogP contribution in [-0.2, 0) is 4.79 Å². The van der Waals surface area contributed by atoms with Crippen LogP contribution in [0.2, 0.25) is 0 Å². The van der Waals surface area contributed by atoms with Crippen molar-refractivity contribution in [3.63, 3.8) is 0 Å². The van der Waals surface area contributed by atoms with E-state index in [1.54, 1.807) is 23.1 Å². The van der Waals surface area contributed by atoms with Gasteiger partial charge in [-0.15, -0.1) is 0 Å². The van der Waals surface area contributed by atoms with E-state index in [0.29, 0.717) is 49.1 Å². The lowest BCUT2D eigenvalue weighted by atomic mass is 9.83. The van der Waals surface area contributed by atoms with Crippen molar-refractivity contribution in [2.45, 2.75) is 18.4 Å². The molecule has 2 aliphatic rings. The van der Waals surface area contributed by atoms with Crippen molar-refractivity contribution in [1.29, 1.82) is 0 Å². The third-order valence-corrected chi connectivity index (χ3v) is 5.73. The quantitative estimate of drug-likeness (QED) is 0.784. The Balaban J connectivity index is 1.56. The van der Waals surface area contributed by atoms with Gasteiger partial charge in [0.25, 0.3) is 5.91 Å². The second-order valence-electron chi connectivity index (χ2n) is 7.09. The maximum absolute atomic E-state index is 12.9. The number of amides is 2. The SMILES string of the molecule is CN1CCNC(=O)C12CCN(C(=O)c1cc(=O)c3ccccc3[nH]1)CC2. The lowest BCUT2D eigenvalue weighted by Gasteiger charge is -2.48. The molecule has 2 aromatic rings. The molecule has 3 heterocycles. The number of likely N-dealkylation sites (tertiary alicyclic amines) is 1. The molecular formula is C19H22N4O3. The molecule has 1 aromatic heterocycles. The highest BCUT2D eigenvalue weighted by atomic mass is 16.2. The summed E-state index contributed by atoms with van der Waals surface area (Å²) in [6.45, 7) is 2.46. The molecule has 1 spiro atoms. The molecule has 0 radical (unpaired) electrons. The van der Waals surface area contributed by atoms with Gasteiger partial charge in [-0.3, -0.25) is 19.3 Å². The molecule has 0 saturated carbocycles. The third kappa shape index (κ3) is 2.59. The Hall–Kier alpha value is -2.67. The summed E-state index contributed by atoms with van der Waals surface area (Å²) < 4.78 is 0. The number of nitrogens with one attached hydrogen (secondary N) is 2. The Morgan fingerprint density at radius 1 is 1.12 bits per heavy atom. The summed E-state index contributed by atoms with van der Waals surface area (Å²) in [5.74, 6) is -0.140. The highest BCUT2D eigenvalue weighted by Crippen LogP contribution is 2.30. The number of piperidine rings is 1. The summed E-state index contributed by atoms with van der Waals surface area (Å²) >= 11 is 0. The van der Waals surface area contributed by atoms with Crippen LogP contribution in [0, 0.1) is 0 Å². The molecule has 0 aliphatic carbocycles. The van der Waals surface area contributed by atoms with Crippen LogP contribution in [-0.4, -0.2) is 65.4 Å². The van der Waals surface area contributed by atoms with Crippen LogP contribution in [0.15, 0.2) is 35.1 Å². The number of piperazine rings is 1. The molecular weight excluding hydrogens is 332 g/mol. The second kappa shape index (κ2) is 6.25. The van der Waals surface area contributed by atoms with Crippen LogP contribution >= 0.6 is 0 Å².